The zero-order chi connectivity index (χ0) is 20.8. The molecule has 1 heterocycles. The minimum atomic E-state index is -1.05. The van der Waals surface area contributed by atoms with E-state index in [1.807, 2.05) is 30.3 Å². The maximum atomic E-state index is 11.6. The molecule has 0 atom stereocenters. The predicted molar refractivity (Wildman–Crippen MR) is 110 cm³/mol. The highest BCUT2D eigenvalue weighted by Gasteiger charge is 2.19. The average Bonchev–Trinajstić information content (AvgIpc) is 2.72. The first-order valence-electron chi connectivity index (χ1n) is 9.27. The van der Waals surface area contributed by atoms with Gasteiger partial charge in [-0.25, -0.2) is 4.79 Å². The molecular weight excluding hydrogens is 368 g/mol. The van der Waals surface area contributed by atoms with E-state index in [-0.39, 0.29) is 0 Å². The fraction of sp³-hybridized carbons (Fsp3) is 0.227. The number of nitrogens with zero attached hydrogens (tertiary/aromatic N) is 3. The molecule has 1 aliphatic heterocycles. The van der Waals surface area contributed by atoms with Gasteiger partial charge in [-0.2, -0.15) is 5.26 Å². The molecule has 148 valence electrons. The second kappa shape index (κ2) is 9.04. The molecule has 7 nitrogen and oxygen atoms in total. The molecule has 1 amide bonds. The topological polar surface area (TPSA) is 111 Å². The summed E-state index contributed by atoms with van der Waals surface area (Å²) in [6, 6.07) is 15.0. The van der Waals surface area contributed by atoms with Crippen LogP contribution in [-0.2, 0) is 11.3 Å². The lowest BCUT2D eigenvalue weighted by atomic mass is 10.0. The first-order valence-corrected chi connectivity index (χ1v) is 9.27. The van der Waals surface area contributed by atoms with Crippen LogP contribution >= 0.6 is 0 Å². The van der Waals surface area contributed by atoms with Gasteiger partial charge in [0, 0.05) is 44.4 Å². The minimum absolute atomic E-state index is 0.356. The summed E-state index contributed by atoms with van der Waals surface area (Å²) in [6.07, 6.45) is 2.49. The molecule has 0 radical (unpaired) electrons. The number of piperazine rings is 1. The number of nitriles is 1. The maximum absolute atomic E-state index is 11.6. The second-order valence-electron chi connectivity index (χ2n) is 6.89. The molecule has 1 aliphatic rings. The molecule has 29 heavy (non-hydrogen) atoms. The first kappa shape index (κ1) is 20.1. The van der Waals surface area contributed by atoms with Crippen LogP contribution in [0, 0.1) is 11.3 Å². The quantitative estimate of drug-likeness (QED) is 0.731. The summed E-state index contributed by atoms with van der Waals surface area (Å²) in [5.74, 6) is -1.60. The summed E-state index contributed by atoms with van der Waals surface area (Å²) in [5.41, 5.74) is 8.93. The Hall–Kier alpha value is -3.63. The van der Waals surface area contributed by atoms with Crippen LogP contribution in [0.5, 0.6) is 0 Å². The summed E-state index contributed by atoms with van der Waals surface area (Å²) in [6.45, 7) is 3.82. The van der Waals surface area contributed by atoms with Crippen molar-refractivity contribution in [2.75, 3.05) is 31.1 Å². The lowest BCUT2D eigenvalue weighted by Gasteiger charge is -2.36. The number of carbonyl (C=O) groups is 2. The van der Waals surface area contributed by atoms with Crippen molar-refractivity contribution in [3.05, 3.63) is 70.8 Å². The number of primary amides is 1. The van der Waals surface area contributed by atoms with E-state index in [0.717, 1.165) is 43.5 Å². The summed E-state index contributed by atoms with van der Waals surface area (Å²) in [4.78, 5) is 26.9. The van der Waals surface area contributed by atoms with Gasteiger partial charge in [-0.15, -0.1) is 0 Å². The fourth-order valence-electron chi connectivity index (χ4n) is 3.46. The number of hydrogen-bond donors (Lipinski definition) is 2. The number of amides is 1. The number of nitrogens with two attached hydrogens (primary N) is 1. The maximum Gasteiger partial charge on any atom is 0.328 e. The van der Waals surface area contributed by atoms with E-state index >= 15 is 0 Å². The molecular formula is C22H22N4O3. The number of carboxylic acids is 1. The zero-order valence-corrected chi connectivity index (χ0v) is 15.9. The number of rotatable bonds is 6. The first-order chi connectivity index (χ1) is 14.0. The molecule has 0 aliphatic carbocycles. The number of benzene rings is 2. The molecule has 0 unspecified atom stereocenters. The Bertz CT molecular complexity index is 986. The molecule has 3 N–H and O–H groups in total. The van der Waals surface area contributed by atoms with Gasteiger partial charge in [0.25, 0.3) is 0 Å². The van der Waals surface area contributed by atoms with Crippen molar-refractivity contribution in [2.24, 2.45) is 5.73 Å². The van der Waals surface area contributed by atoms with Crippen LogP contribution in [-0.4, -0.2) is 48.1 Å². The van der Waals surface area contributed by atoms with Gasteiger partial charge in [-0.1, -0.05) is 18.2 Å². The van der Waals surface area contributed by atoms with E-state index in [1.165, 1.54) is 6.08 Å². The molecule has 0 bridgehead atoms. The SMILES string of the molecule is N#Cc1ccccc1N1CCN(Cc2cc(/C=C/C(=O)O)cc(C(N)=O)c2)CC1. The van der Waals surface area contributed by atoms with E-state index in [4.69, 9.17) is 10.8 Å². The smallest absolute Gasteiger partial charge is 0.328 e. The number of carbonyl (C=O) groups excluding carboxylic acids is 1. The van der Waals surface area contributed by atoms with Gasteiger partial charge >= 0.3 is 5.97 Å². The predicted octanol–water partition coefficient (Wildman–Crippen LogP) is 2.08. The van der Waals surface area contributed by atoms with Gasteiger partial charge in [0.2, 0.25) is 5.91 Å². The molecule has 0 aromatic heterocycles. The third-order valence-electron chi connectivity index (χ3n) is 4.86. The summed E-state index contributed by atoms with van der Waals surface area (Å²) < 4.78 is 0. The largest absolute Gasteiger partial charge is 0.478 e. The Morgan fingerprint density at radius 1 is 1.14 bits per heavy atom. The molecule has 2 aromatic carbocycles. The van der Waals surface area contributed by atoms with Crippen molar-refractivity contribution in [3.8, 4) is 6.07 Å². The van der Waals surface area contributed by atoms with Crippen LogP contribution in [0.1, 0.15) is 27.0 Å². The number of aliphatic carboxylic acids is 1. The van der Waals surface area contributed by atoms with Crippen LogP contribution in [0.3, 0.4) is 0 Å². The number of para-hydroxylation sites is 1. The van der Waals surface area contributed by atoms with Crippen LogP contribution in [0.2, 0.25) is 0 Å². The highest BCUT2D eigenvalue weighted by molar-refractivity contribution is 5.94. The van der Waals surface area contributed by atoms with Crippen molar-refractivity contribution >= 4 is 23.6 Å². The zero-order valence-electron chi connectivity index (χ0n) is 15.9. The van der Waals surface area contributed by atoms with Crippen molar-refractivity contribution in [3.63, 3.8) is 0 Å². The van der Waals surface area contributed by atoms with E-state index in [9.17, 15) is 14.9 Å². The number of anilines is 1. The Labute approximate surface area is 169 Å². The average molecular weight is 390 g/mol. The standard InChI is InChI=1S/C22H22N4O3/c23-14-18-3-1-2-4-20(18)26-9-7-25(8-10-26)15-17-11-16(5-6-21(27)28)12-19(13-17)22(24)29/h1-6,11-13H,7-10,15H2,(H2,24,29)(H,27,28)/b6-5+. The summed E-state index contributed by atoms with van der Waals surface area (Å²) in [5, 5.41) is 18.1. The minimum Gasteiger partial charge on any atom is -0.478 e. The Morgan fingerprint density at radius 2 is 1.86 bits per heavy atom. The van der Waals surface area contributed by atoms with Crippen molar-refractivity contribution < 1.29 is 14.7 Å². The normalized spacial score (nSPS) is 14.7. The highest BCUT2D eigenvalue weighted by Crippen LogP contribution is 2.22. The molecule has 7 heteroatoms. The van der Waals surface area contributed by atoms with Gasteiger partial charge in [0.15, 0.2) is 0 Å². The third-order valence-corrected chi connectivity index (χ3v) is 4.86. The molecule has 1 fully saturated rings. The molecule has 1 saturated heterocycles. The second-order valence-corrected chi connectivity index (χ2v) is 6.89. The van der Waals surface area contributed by atoms with E-state index in [2.05, 4.69) is 15.9 Å². The van der Waals surface area contributed by atoms with Crippen molar-refractivity contribution in [1.29, 1.82) is 5.26 Å². The Balaban J connectivity index is 1.70. The molecule has 3 rings (SSSR count). The Morgan fingerprint density at radius 3 is 2.52 bits per heavy atom. The van der Waals surface area contributed by atoms with E-state index < -0.39 is 11.9 Å². The van der Waals surface area contributed by atoms with Gasteiger partial charge in [-0.05, 0) is 41.5 Å². The van der Waals surface area contributed by atoms with Gasteiger partial charge in [0.1, 0.15) is 6.07 Å². The molecule has 2 aromatic rings. The third kappa shape index (κ3) is 5.21. The van der Waals surface area contributed by atoms with Crippen molar-refractivity contribution in [2.45, 2.75) is 6.54 Å². The summed E-state index contributed by atoms with van der Waals surface area (Å²) in [7, 11) is 0. The van der Waals surface area contributed by atoms with Gasteiger partial charge < -0.3 is 15.7 Å². The number of carboxylic acid groups (broad SMARTS) is 1. The van der Waals surface area contributed by atoms with E-state index in [1.54, 1.807) is 12.1 Å². The van der Waals surface area contributed by atoms with Gasteiger partial charge in [-0.3, -0.25) is 9.69 Å². The lowest BCUT2D eigenvalue weighted by Crippen LogP contribution is -2.46. The van der Waals surface area contributed by atoms with E-state index in [0.29, 0.717) is 23.2 Å². The van der Waals surface area contributed by atoms with Gasteiger partial charge in [0.05, 0.1) is 11.3 Å². The fourth-order valence-corrected chi connectivity index (χ4v) is 3.46. The van der Waals surface area contributed by atoms with Crippen LogP contribution in [0.15, 0.2) is 48.5 Å². The van der Waals surface area contributed by atoms with Crippen LogP contribution in [0.4, 0.5) is 5.69 Å². The van der Waals surface area contributed by atoms with Crippen LogP contribution in [0.25, 0.3) is 6.08 Å². The number of hydrogen-bond acceptors (Lipinski definition) is 5. The highest BCUT2D eigenvalue weighted by atomic mass is 16.4. The van der Waals surface area contributed by atoms with Crippen LogP contribution < -0.4 is 10.6 Å². The summed E-state index contributed by atoms with van der Waals surface area (Å²) >= 11 is 0. The molecule has 0 spiro atoms. The van der Waals surface area contributed by atoms with Crippen molar-refractivity contribution in [1.82, 2.24) is 4.90 Å². The lowest BCUT2D eigenvalue weighted by molar-refractivity contribution is -0.131. The monoisotopic (exact) mass is 390 g/mol. The Kier molecular flexibility index (Phi) is 6.27. The molecule has 0 saturated carbocycles.